The van der Waals surface area contributed by atoms with Crippen LogP contribution in [0.5, 0.6) is 0 Å². The van der Waals surface area contributed by atoms with Gasteiger partial charge in [0.2, 0.25) is 5.91 Å². The lowest BCUT2D eigenvalue weighted by Crippen LogP contribution is -2.20. The van der Waals surface area contributed by atoms with Crippen LogP contribution in [0.3, 0.4) is 0 Å². The monoisotopic (exact) mass is 304 g/mol. The Morgan fingerprint density at radius 1 is 0.957 bits per heavy atom. The van der Waals surface area contributed by atoms with Crippen molar-refractivity contribution in [3.63, 3.8) is 0 Å². The molecular formula is C20H20N2O. The lowest BCUT2D eigenvalue weighted by Gasteiger charge is -2.19. The summed E-state index contributed by atoms with van der Waals surface area (Å²) < 4.78 is 2.08. The number of hydrogen-bond donors (Lipinski definition) is 1. The van der Waals surface area contributed by atoms with E-state index >= 15 is 0 Å². The third-order valence-electron chi connectivity index (χ3n) is 3.97. The largest absolute Gasteiger partial charge is 0.346 e. The molecule has 2 aromatic carbocycles. The first-order valence-corrected chi connectivity index (χ1v) is 7.77. The minimum atomic E-state index is -0.00443. The number of carbonyl (C=O) groups is 1. The summed E-state index contributed by atoms with van der Waals surface area (Å²) in [5.41, 5.74) is 3.07. The van der Waals surface area contributed by atoms with Crippen LogP contribution in [0, 0.1) is 6.92 Å². The molecule has 0 bridgehead atoms. The van der Waals surface area contributed by atoms with E-state index in [1.807, 2.05) is 73.9 Å². The molecule has 1 aromatic heterocycles. The molecule has 0 aliphatic heterocycles. The van der Waals surface area contributed by atoms with Gasteiger partial charge in [-0.25, -0.2) is 0 Å². The van der Waals surface area contributed by atoms with Crippen LogP contribution in [0.15, 0.2) is 79.1 Å². The van der Waals surface area contributed by atoms with Gasteiger partial charge in [-0.2, -0.15) is 0 Å². The molecule has 1 heterocycles. The molecule has 1 amide bonds. The predicted molar refractivity (Wildman–Crippen MR) is 93.4 cm³/mol. The maximum Gasteiger partial charge on any atom is 0.226 e. The first-order chi connectivity index (χ1) is 11.2. The van der Waals surface area contributed by atoms with Gasteiger partial charge in [0.1, 0.15) is 0 Å². The second-order valence-electron chi connectivity index (χ2n) is 5.62. The van der Waals surface area contributed by atoms with Gasteiger partial charge < -0.3 is 9.88 Å². The fourth-order valence-corrected chi connectivity index (χ4v) is 2.72. The van der Waals surface area contributed by atoms with E-state index in [4.69, 9.17) is 0 Å². The van der Waals surface area contributed by atoms with Crippen LogP contribution < -0.4 is 5.32 Å². The SMILES string of the molecule is Cc1ccccc1NC(=O)CC(c1ccccc1)n1cccc1. The van der Waals surface area contributed by atoms with Crippen LogP contribution in [0.2, 0.25) is 0 Å². The summed E-state index contributed by atoms with van der Waals surface area (Å²) in [6.45, 7) is 2.00. The number of benzene rings is 2. The molecular weight excluding hydrogens is 284 g/mol. The zero-order valence-electron chi connectivity index (χ0n) is 13.1. The highest BCUT2D eigenvalue weighted by Gasteiger charge is 2.17. The molecule has 3 rings (SSSR count). The van der Waals surface area contributed by atoms with E-state index < -0.39 is 0 Å². The molecule has 1 N–H and O–H groups in total. The number of hydrogen-bond acceptors (Lipinski definition) is 1. The number of aromatic nitrogens is 1. The van der Waals surface area contributed by atoms with E-state index in [0.29, 0.717) is 6.42 Å². The number of nitrogens with one attached hydrogen (secondary N) is 1. The summed E-state index contributed by atoms with van der Waals surface area (Å²) in [5, 5.41) is 3.02. The van der Waals surface area contributed by atoms with Gasteiger partial charge in [0, 0.05) is 18.1 Å². The van der Waals surface area contributed by atoms with E-state index in [2.05, 4.69) is 22.0 Å². The summed E-state index contributed by atoms with van der Waals surface area (Å²) in [6, 6.07) is 21.9. The average Bonchev–Trinajstić information content (AvgIpc) is 3.10. The van der Waals surface area contributed by atoms with Crippen LogP contribution in [0.4, 0.5) is 5.69 Å². The first kappa shape index (κ1) is 15.1. The molecule has 3 aromatic rings. The third kappa shape index (κ3) is 3.69. The van der Waals surface area contributed by atoms with E-state index in [1.165, 1.54) is 0 Å². The highest BCUT2D eigenvalue weighted by molar-refractivity contribution is 5.92. The number of nitrogens with zero attached hydrogens (tertiary/aromatic N) is 1. The minimum absolute atomic E-state index is 0.00443. The van der Waals surface area contributed by atoms with Crippen LogP contribution in [-0.4, -0.2) is 10.5 Å². The number of carbonyl (C=O) groups excluding carboxylic acids is 1. The highest BCUT2D eigenvalue weighted by atomic mass is 16.1. The molecule has 0 saturated carbocycles. The quantitative estimate of drug-likeness (QED) is 0.744. The highest BCUT2D eigenvalue weighted by Crippen LogP contribution is 2.23. The number of aryl methyl sites for hydroxylation is 1. The van der Waals surface area contributed by atoms with Crippen molar-refractivity contribution in [1.29, 1.82) is 0 Å². The molecule has 3 nitrogen and oxygen atoms in total. The van der Waals surface area contributed by atoms with Crippen molar-refractivity contribution < 1.29 is 4.79 Å². The molecule has 0 aliphatic rings. The fourth-order valence-electron chi connectivity index (χ4n) is 2.72. The standard InChI is InChI=1S/C20H20N2O/c1-16-9-5-6-12-18(16)21-20(23)15-19(22-13-7-8-14-22)17-10-3-2-4-11-17/h2-14,19H,15H2,1H3,(H,21,23). The Bertz CT molecular complexity index is 763. The van der Waals surface area contributed by atoms with Crippen molar-refractivity contribution >= 4 is 11.6 Å². The van der Waals surface area contributed by atoms with Crippen molar-refractivity contribution in [3.8, 4) is 0 Å². The van der Waals surface area contributed by atoms with Gasteiger partial charge in [-0.1, -0.05) is 48.5 Å². The predicted octanol–water partition coefficient (Wildman–Crippen LogP) is 4.41. The van der Waals surface area contributed by atoms with Crippen molar-refractivity contribution in [1.82, 2.24) is 4.57 Å². The topological polar surface area (TPSA) is 34.0 Å². The maximum atomic E-state index is 12.5. The summed E-state index contributed by atoms with van der Waals surface area (Å²) in [7, 11) is 0. The van der Waals surface area contributed by atoms with Gasteiger partial charge >= 0.3 is 0 Å². The van der Waals surface area contributed by atoms with Crippen molar-refractivity contribution in [2.24, 2.45) is 0 Å². The van der Waals surface area contributed by atoms with E-state index in [-0.39, 0.29) is 11.9 Å². The molecule has 0 radical (unpaired) electrons. The third-order valence-corrected chi connectivity index (χ3v) is 3.97. The van der Waals surface area contributed by atoms with E-state index in [0.717, 1.165) is 16.8 Å². The Balaban J connectivity index is 1.79. The zero-order chi connectivity index (χ0) is 16.1. The van der Waals surface area contributed by atoms with Gasteiger partial charge in [0.25, 0.3) is 0 Å². The summed E-state index contributed by atoms with van der Waals surface area (Å²) in [5.74, 6) is 0.0156. The van der Waals surface area contributed by atoms with Gasteiger partial charge in [-0.05, 0) is 36.2 Å². The maximum absolute atomic E-state index is 12.5. The Morgan fingerprint density at radius 2 is 1.61 bits per heavy atom. The second-order valence-corrected chi connectivity index (χ2v) is 5.62. The van der Waals surface area contributed by atoms with Crippen LogP contribution >= 0.6 is 0 Å². The van der Waals surface area contributed by atoms with Crippen molar-refractivity contribution in [2.75, 3.05) is 5.32 Å². The lowest BCUT2D eigenvalue weighted by atomic mass is 10.0. The molecule has 1 atom stereocenters. The molecule has 1 unspecified atom stereocenters. The first-order valence-electron chi connectivity index (χ1n) is 7.77. The van der Waals surface area contributed by atoms with Crippen LogP contribution in [0.1, 0.15) is 23.6 Å². The summed E-state index contributed by atoms with van der Waals surface area (Å²) in [6.07, 6.45) is 4.39. The Labute approximate surface area is 136 Å². The molecule has 3 heteroatoms. The van der Waals surface area contributed by atoms with Gasteiger partial charge in [-0.3, -0.25) is 4.79 Å². The molecule has 0 spiro atoms. The van der Waals surface area contributed by atoms with Gasteiger partial charge in [-0.15, -0.1) is 0 Å². The number of para-hydroxylation sites is 1. The number of rotatable bonds is 5. The lowest BCUT2D eigenvalue weighted by molar-refractivity contribution is -0.116. The van der Waals surface area contributed by atoms with Gasteiger partial charge in [0.15, 0.2) is 0 Å². The smallest absolute Gasteiger partial charge is 0.226 e. The van der Waals surface area contributed by atoms with Crippen molar-refractivity contribution in [3.05, 3.63) is 90.3 Å². The minimum Gasteiger partial charge on any atom is -0.346 e. The summed E-state index contributed by atoms with van der Waals surface area (Å²) >= 11 is 0. The zero-order valence-corrected chi connectivity index (χ0v) is 13.1. The normalized spacial score (nSPS) is 11.9. The van der Waals surface area contributed by atoms with E-state index in [9.17, 15) is 4.79 Å². The molecule has 0 saturated heterocycles. The Hall–Kier alpha value is -2.81. The molecule has 23 heavy (non-hydrogen) atoms. The van der Waals surface area contributed by atoms with Crippen LogP contribution in [-0.2, 0) is 4.79 Å². The van der Waals surface area contributed by atoms with Crippen molar-refractivity contribution in [2.45, 2.75) is 19.4 Å². The van der Waals surface area contributed by atoms with Gasteiger partial charge in [0.05, 0.1) is 12.5 Å². The van der Waals surface area contributed by atoms with E-state index in [1.54, 1.807) is 0 Å². The number of amides is 1. The average molecular weight is 304 g/mol. The number of anilines is 1. The molecule has 0 aliphatic carbocycles. The Kier molecular flexibility index (Phi) is 4.57. The van der Waals surface area contributed by atoms with Crippen LogP contribution in [0.25, 0.3) is 0 Å². The second kappa shape index (κ2) is 6.97. The summed E-state index contributed by atoms with van der Waals surface area (Å²) in [4.78, 5) is 12.5. The fraction of sp³-hybridized carbons (Fsp3) is 0.150. The Morgan fingerprint density at radius 3 is 2.30 bits per heavy atom. The molecule has 116 valence electrons. The molecule has 0 fully saturated rings.